The molecule has 1 rings (SSSR count). The molecule has 0 aliphatic carbocycles. The zero-order valence-electron chi connectivity index (χ0n) is 13.2. The van der Waals surface area contributed by atoms with Crippen molar-refractivity contribution in [1.29, 1.82) is 0 Å². The monoisotopic (exact) mass is 267 g/mol. The minimum Gasteiger partial charge on any atom is -0.329 e. The van der Waals surface area contributed by atoms with Gasteiger partial charge in [0.25, 0.3) is 0 Å². The predicted octanol–water partition coefficient (Wildman–Crippen LogP) is 1.00. The van der Waals surface area contributed by atoms with E-state index in [9.17, 15) is 0 Å². The Morgan fingerprint density at radius 2 is 2.05 bits per heavy atom. The second kappa shape index (κ2) is 7.03. The van der Waals surface area contributed by atoms with E-state index in [1.807, 2.05) is 17.9 Å². The van der Waals surface area contributed by atoms with Crippen LogP contribution < -0.4 is 5.73 Å². The SMILES string of the molecule is CCN(C(C)CN(C)C)C(CN)c1cnn(C)c1C. The molecule has 1 aromatic rings. The maximum Gasteiger partial charge on any atom is 0.0540 e. The molecular weight excluding hydrogens is 238 g/mol. The van der Waals surface area contributed by atoms with E-state index in [1.165, 1.54) is 11.3 Å². The van der Waals surface area contributed by atoms with Gasteiger partial charge in [-0.1, -0.05) is 6.92 Å². The summed E-state index contributed by atoms with van der Waals surface area (Å²) in [6.45, 7) is 9.21. The van der Waals surface area contributed by atoms with Gasteiger partial charge in [-0.3, -0.25) is 9.58 Å². The van der Waals surface area contributed by atoms with Crippen molar-refractivity contribution in [3.63, 3.8) is 0 Å². The van der Waals surface area contributed by atoms with Crippen LogP contribution in [0.2, 0.25) is 0 Å². The third kappa shape index (κ3) is 3.78. The molecule has 0 aliphatic rings. The Balaban J connectivity index is 2.95. The Labute approximate surface area is 117 Å². The zero-order chi connectivity index (χ0) is 14.6. The number of rotatable bonds is 7. The first kappa shape index (κ1) is 16.1. The summed E-state index contributed by atoms with van der Waals surface area (Å²) >= 11 is 0. The fraction of sp³-hybridized carbons (Fsp3) is 0.786. The molecule has 0 bridgehead atoms. The molecule has 0 fully saturated rings. The van der Waals surface area contributed by atoms with Crippen LogP contribution >= 0.6 is 0 Å². The molecule has 5 heteroatoms. The van der Waals surface area contributed by atoms with Crippen LogP contribution in [-0.4, -0.2) is 59.4 Å². The number of likely N-dealkylation sites (N-methyl/N-ethyl adjacent to an activating group) is 2. The molecule has 0 aromatic carbocycles. The normalized spacial score (nSPS) is 15.2. The second-order valence-corrected chi connectivity index (χ2v) is 5.50. The van der Waals surface area contributed by atoms with Gasteiger partial charge in [-0.25, -0.2) is 0 Å². The first-order valence-electron chi connectivity index (χ1n) is 7.01. The summed E-state index contributed by atoms with van der Waals surface area (Å²) in [6, 6.07) is 0.710. The highest BCUT2D eigenvalue weighted by Gasteiger charge is 2.25. The van der Waals surface area contributed by atoms with Crippen molar-refractivity contribution >= 4 is 0 Å². The van der Waals surface area contributed by atoms with Crippen LogP contribution in [0.4, 0.5) is 0 Å². The lowest BCUT2D eigenvalue weighted by Crippen LogP contribution is -2.44. The Bertz CT molecular complexity index is 385. The Kier molecular flexibility index (Phi) is 5.97. The average Bonchev–Trinajstić information content (AvgIpc) is 2.66. The number of nitrogens with zero attached hydrogens (tertiary/aromatic N) is 4. The molecule has 5 nitrogen and oxygen atoms in total. The molecular formula is C14H29N5. The molecule has 2 unspecified atom stereocenters. The van der Waals surface area contributed by atoms with E-state index < -0.39 is 0 Å². The van der Waals surface area contributed by atoms with Crippen molar-refractivity contribution in [2.45, 2.75) is 32.9 Å². The summed E-state index contributed by atoms with van der Waals surface area (Å²) in [6.07, 6.45) is 1.96. The summed E-state index contributed by atoms with van der Waals surface area (Å²) < 4.78 is 1.92. The fourth-order valence-corrected chi connectivity index (χ4v) is 2.76. The molecule has 2 atom stereocenters. The van der Waals surface area contributed by atoms with Crippen molar-refractivity contribution in [3.8, 4) is 0 Å². The molecule has 19 heavy (non-hydrogen) atoms. The summed E-state index contributed by atoms with van der Waals surface area (Å²) in [4.78, 5) is 4.68. The third-order valence-electron chi connectivity index (χ3n) is 3.82. The minimum absolute atomic E-state index is 0.244. The minimum atomic E-state index is 0.244. The van der Waals surface area contributed by atoms with E-state index in [0.29, 0.717) is 12.6 Å². The van der Waals surface area contributed by atoms with Gasteiger partial charge in [-0.2, -0.15) is 5.10 Å². The molecule has 0 saturated carbocycles. The van der Waals surface area contributed by atoms with Gasteiger partial charge in [0, 0.05) is 37.4 Å². The number of hydrogen-bond acceptors (Lipinski definition) is 4. The van der Waals surface area contributed by atoms with Gasteiger partial charge < -0.3 is 10.6 Å². The van der Waals surface area contributed by atoms with Gasteiger partial charge in [0.05, 0.1) is 12.2 Å². The van der Waals surface area contributed by atoms with Gasteiger partial charge in [0.1, 0.15) is 0 Å². The standard InChI is InChI=1S/C14H29N5/c1-7-19(11(2)10-17(4)5)14(8-15)13-9-16-18(6)12(13)3/h9,11,14H,7-8,10,15H2,1-6H3. The molecule has 0 amide bonds. The van der Waals surface area contributed by atoms with Crippen LogP contribution in [0, 0.1) is 6.92 Å². The maximum atomic E-state index is 6.04. The lowest BCUT2D eigenvalue weighted by atomic mass is 10.0. The quantitative estimate of drug-likeness (QED) is 0.801. The van der Waals surface area contributed by atoms with E-state index in [-0.39, 0.29) is 6.04 Å². The summed E-state index contributed by atoms with van der Waals surface area (Å²) in [5, 5.41) is 4.35. The van der Waals surface area contributed by atoms with E-state index >= 15 is 0 Å². The highest BCUT2D eigenvalue weighted by molar-refractivity contribution is 5.21. The number of aromatic nitrogens is 2. The van der Waals surface area contributed by atoms with Gasteiger partial charge in [-0.05, 0) is 34.5 Å². The van der Waals surface area contributed by atoms with E-state index in [1.54, 1.807) is 0 Å². The topological polar surface area (TPSA) is 50.3 Å². The van der Waals surface area contributed by atoms with Crippen molar-refractivity contribution in [3.05, 3.63) is 17.5 Å². The van der Waals surface area contributed by atoms with Crippen LogP contribution in [0.3, 0.4) is 0 Å². The van der Waals surface area contributed by atoms with Gasteiger partial charge in [-0.15, -0.1) is 0 Å². The van der Waals surface area contributed by atoms with Crippen LogP contribution in [0.25, 0.3) is 0 Å². The molecule has 0 aliphatic heterocycles. The lowest BCUT2D eigenvalue weighted by molar-refractivity contribution is 0.130. The van der Waals surface area contributed by atoms with Crippen LogP contribution in [0.1, 0.15) is 31.1 Å². The van der Waals surface area contributed by atoms with Gasteiger partial charge in [0.2, 0.25) is 0 Å². The van der Waals surface area contributed by atoms with E-state index in [0.717, 1.165) is 13.1 Å². The first-order chi connectivity index (χ1) is 8.92. The highest BCUT2D eigenvalue weighted by atomic mass is 15.3. The Hall–Kier alpha value is -0.910. The largest absolute Gasteiger partial charge is 0.329 e. The smallest absolute Gasteiger partial charge is 0.0540 e. The molecule has 2 N–H and O–H groups in total. The maximum absolute atomic E-state index is 6.04. The van der Waals surface area contributed by atoms with Crippen molar-refractivity contribution in [2.24, 2.45) is 12.8 Å². The Morgan fingerprint density at radius 1 is 1.42 bits per heavy atom. The average molecular weight is 267 g/mol. The summed E-state index contributed by atoms with van der Waals surface area (Å²) in [7, 11) is 6.19. The lowest BCUT2D eigenvalue weighted by Gasteiger charge is -2.36. The third-order valence-corrected chi connectivity index (χ3v) is 3.82. The molecule has 0 radical (unpaired) electrons. The van der Waals surface area contributed by atoms with Crippen molar-refractivity contribution < 1.29 is 0 Å². The second-order valence-electron chi connectivity index (χ2n) is 5.50. The number of nitrogens with two attached hydrogens (primary N) is 1. The molecule has 1 heterocycles. The fourth-order valence-electron chi connectivity index (χ4n) is 2.76. The summed E-state index contributed by atoms with van der Waals surface area (Å²) in [5.74, 6) is 0. The predicted molar refractivity (Wildman–Crippen MR) is 80.1 cm³/mol. The van der Waals surface area contributed by atoms with E-state index in [4.69, 9.17) is 5.73 Å². The summed E-state index contributed by atoms with van der Waals surface area (Å²) in [5.41, 5.74) is 8.48. The molecule has 0 spiro atoms. The van der Waals surface area contributed by atoms with Crippen molar-refractivity contribution in [2.75, 3.05) is 33.7 Å². The van der Waals surface area contributed by atoms with Gasteiger partial charge >= 0.3 is 0 Å². The van der Waals surface area contributed by atoms with E-state index in [2.05, 4.69) is 49.8 Å². The molecule has 0 saturated heterocycles. The molecule has 1 aromatic heterocycles. The number of aryl methyl sites for hydroxylation is 1. The zero-order valence-corrected chi connectivity index (χ0v) is 13.2. The van der Waals surface area contributed by atoms with Crippen molar-refractivity contribution in [1.82, 2.24) is 19.6 Å². The molecule has 110 valence electrons. The van der Waals surface area contributed by atoms with Crippen LogP contribution in [0.5, 0.6) is 0 Å². The Morgan fingerprint density at radius 3 is 2.42 bits per heavy atom. The number of hydrogen-bond donors (Lipinski definition) is 1. The first-order valence-corrected chi connectivity index (χ1v) is 7.01. The van der Waals surface area contributed by atoms with Gasteiger partial charge in [0.15, 0.2) is 0 Å². The van der Waals surface area contributed by atoms with Crippen LogP contribution in [-0.2, 0) is 7.05 Å². The van der Waals surface area contributed by atoms with Crippen LogP contribution in [0.15, 0.2) is 6.20 Å². The highest BCUT2D eigenvalue weighted by Crippen LogP contribution is 2.24.